The van der Waals surface area contributed by atoms with E-state index in [2.05, 4.69) is 6.08 Å². The Hall–Kier alpha value is -1.44. The average Bonchev–Trinajstić information content (AvgIpc) is 2.10. The first-order valence-corrected chi connectivity index (χ1v) is 4.70. The minimum Gasteiger partial charge on any atom is -0.290 e. The third kappa shape index (κ3) is 3.13. The van der Waals surface area contributed by atoms with Crippen LogP contribution in [0.4, 0.5) is 0 Å². The van der Waals surface area contributed by atoms with E-state index >= 15 is 0 Å². The number of allylic oxidation sites excluding steroid dienone is 6. The van der Waals surface area contributed by atoms with Crippen LogP contribution in [0.25, 0.3) is 0 Å². The molecule has 0 N–H and O–H groups in total. The highest BCUT2D eigenvalue weighted by atomic mass is 16.1. The van der Waals surface area contributed by atoms with Gasteiger partial charge in [0, 0.05) is 5.57 Å². The Morgan fingerprint density at radius 3 is 2.64 bits per heavy atom. The van der Waals surface area contributed by atoms with Crippen molar-refractivity contribution >= 4 is 11.6 Å². The number of carbonyl (C=O) groups excluding carboxylic acids is 2. The highest BCUT2D eigenvalue weighted by Gasteiger charge is 2.11. The van der Waals surface area contributed by atoms with E-state index in [0.717, 1.165) is 6.42 Å². The van der Waals surface area contributed by atoms with Gasteiger partial charge in [-0.15, -0.1) is 0 Å². The molecule has 0 saturated carbocycles. The molecule has 14 heavy (non-hydrogen) atoms. The molecule has 74 valence electrons. The first kappa shape index (κ1) is 10.6. The molecular formula is C12H14O2. The van der Waals surface area contributed by atoms with E-state index in [1.165, 1.54) is 23.8 Å². The summed E-state index contributed by atoms with van der Waals surface area (Å²) in [6, 6.07) is 0. The molecule has 1 aliphatic rings. The van der Waals surface area contributed by atoms with E-state index in [1.54, 1.807) is 0 Å². The van der Waals surface area contributed by atoms with Crippen molar-refractivity contribution in [1.29, 1.82) is 0 Å². The molecule has 2 nitrogen and oxygen atoms in total. The summed E-state index contributed by atoms with van der Waals surface area (Å²) in [7, 11) is 0. The average molecular weight is 190 g/mol. The summed E-state index contributed by atoms with van der Waals surface area (Å²) in [5, 5.41) is 0. The summed E-state index contributed by atoms with van der Waals surface area (Å²) in [6.45, 7) is 4.03. The summed E-state index contributed by atoms with van der Waals surface area (Å²) in [4.78, 5) is 22.3. The Kier molecular flexibility index (Phi) is 3.57. The van der Waals surface area contributed by atoms with Crippen LogP contribution in [0.2, 0.25) is 0 Å². The summed E-state index contributed by atoms with van der Waals surface area (Å²) in [5.74, 6) is -0.122. The third-order valence-electron chi connectivity index (χ3n) is 2.00. The molecule has 0 radical (unpaired) electrons. The van der Waals surface area contributed by atoms with Crippen molar-refractivity contribution in [3.05, 3.63) is 35.5 Å². The molecular weight excluding hydrogens is 176 g/mol. The predicted molar refractivity (Wildman–Crippen MR) is 55.9 cm³/mol. The zero-order valence-electron chi connectivity index (χ0n) is 8.54. The van der Waals surface area contributed by atoms with Gasteiger partial charge in [-0.3, -0.25) is 9.59 Å². The van der Waals surface area contributed by atoms with Crippen LogP contribution < -0.4 is 0 Å². The maximum Gasteiger partial charge on any atom is 0.182 e. The number of rotatable bonds is 3. The zero-order valence-corrected chi connectivity index (χ0v) is 8.54. The van der Waals surface area contributed by atoms with Crippen molar-refractivity contribution in [2.24, 2.45) is 0 Å². The van der Waals surface area contributed by atoms with Crippen molar-refractivity contribution in [2.75, 3.05) is 0 Å². The molecule has 0 heterocycles. The summed E-state index contributed by atoms with van der Waals surface area (Å²) >= 11 is 0. The maximum absolute atomic E-state index is 11.3. The summed E-state index contributed by atoms with van der Waals surface area (Å²) < 4.78 is 0. The maximum atomic E-state index is 11.3. The Morgan fingerprint density at radius 1 is 1.29 bits per heavy atom. The quantitative estimate of drug-likeness (QED) is 0.505. The number of carbonyl (C=O) groups is 2. The molecule has 1 aliphatic carbocycles. The first-order chi connectivity index (χ1) is 6.59. The molecule has 0 saturated heterocycles. The van der Waals surface area contributed by atoms with Crippen molar-refractivity contribution < 1.29 is 9.59 Å². The van der Waals surface area contributed by atoms with Crippen LogP contribution in [0, 0.1) is 0 Å². The molecule has 0 aromatic carbocycles. The van der Waals surface area contributed by atoms with Gasteiger partial charge in [-0.1, -0.05) is 11.6 Å². The van der Waals surface area contributed by atoms with Gasteiger partial charge in [0.1, 0.15) is 0 Å². The van der Waals surface area contributed by atoms with Gasteiger partial charge in [0.15, 0.2) is 11.6 Å². The topological polar surface area (TPSA) is 34.1 Å². The summed E-state index contributed by atoms with van der Waals surface area (Å²) in [6.07, 6.45) is 7.63. The van der Waals surface area contributed by atoms with Crippen LogP contribution in [-0.4, -0.2) is 11.6 Å². The molecule has 0 bridgehead atoms. The van der Waals surface area contributed by atoms with Crippen LogP contribution in [0.1, 0.15) is 26.7 Å². The fourth-order valence-electron chi connectivity index (χ4n) is 1.27. The van der Waals surface area contributed by atoms with Crippen molar-refractivity contribution in [3.8, 4) is 0 Å². The van der Waals surface area contributed by atoms with Crippen LogP contribution >= 0.6 is 0 Å². The van der Waals surface area contributed by atoms with Crippen molar-refractivity contribution in [1.82, 2.24) is 0 Å². The van der Waals surface area contributed by atoms with Crippen molar-refractivity contribution in [2.45, 2.75) is 26.7 Å². The lowest BCUT2D eigenvalue weighted by Crippen LogP contribution is -2.07. The lowest BCUT2D eigenvalue weighted by Gasteiger charge is -2.04. The second-order valence-corrected chi connectivity index (χ2v) is 3.59. The number of hydrogen-bond acceptors (Lipinski definition) is 2. The first-order valence-electron chi connectivity index (χ1n) is 4.70. The Morgan fingerprint density at radius 2 is 2.00 bits per heavy atom. The van der Waals surface area contributed by atoms with Crippen LogP contribution in [0.15, 0.2) is 35.5 Å². The molecule has 0 fully saturated rings. The molecule has 2 heteroatoms. The molecule has 0 aliphatic heterocycles. The largest absolute Gasteiger partial charge is 0.290 e. The lowest BCUT2D eigenvalue weighted by atomic mass is 9.99. The Balaban J connectivity index is 2.56. The second-order valence-electron chi connectivity index (χ2n) is 3.59. The van der Waals surface area contributed by atoms with Crippen LogP contribution in [-0.2, 0) is 9.59 Å². The van der Waals surface area contributed by atoms with Crippen molar-refractivity contribution in [3.63, 3.8) is 0 Å². The zero-order chi connectivity index (χ0) is 10.6. The van der Waals surface area contributed by atoms with E-state index in [-0.39, 0.29) is 11.6 Å². The second kappa shape index (κ2) is 4.70. The highest BCUT2D eigenvalue weighted by molar-refractivity contribution is 6.17. The number of ketones is 2. The van der Waals surface area contributed by atoms with Gasteiger partial charge >= 0.3 is 0 Å². The van der Waals surface area contributed by atoms with Gasteiger partial charge in [0.25, 0.3) is 0 Å². The Bertz CT molecular complexity index is 339. The molecule has 0 spiro atoms. The van der Waals surface area contributed by atoms with Gasteiger partial charge in [0.05, 0.1) is 0 Å². The van der Waals surface area contributed by atoms with E-state index in [1.807, 2.05) is 13.8 Å². The normalized spacial score (nSPS) is 15.4. The molecule has 1 rings (SSSR count). The van der Waals surface area contributed by atoms with Gasteiger partial charge in [-0.25, -0.2) is 0 Å². The predicted octanol–water partition coefficient (Wildman–Crippen LogP) is 2.37. The van der Waals surface area contributed by atoms with E-state index < -0.39 is 0 Å². The lowest BCUT2D eigenvalue weighted by molar-refractivity contribution is -0.114. The van der Waals surface area contributed by atoms with E-state index in [4.69, 9.17) is 0 Å². The van der Waals surface area contributed by atoms with Crippen LogP contribution in [0.5, 0.6) is 0 Å². The molecule has 0 atom stereocenters. The molecule has 0 unspecified atom stereocenters. The molecule has 0 aromatic heterocycles. The van der Waals surface area contributed by atoms with Gasteiger partial charge < -0.3 is 0 Å². The highest BCUT2D eigenvalue weighted by Crippen LogP contribution is 2.12. The molecule has 0 amide bonds. The van der Waals surface area contributed by atoms with Gasteiger partial charge in [-0.05, 0) is 44.9 Å². The fraction of sp³-hybridized carbons (Fsp3) is 0.333. The van der Waals surface area contributed by atoms with Gasteiger partial charge in [0.2, 0.25) is 0 Å². The standard InChI is InChI=1S/C12H14O2/c1-9(2)4-3-5-10-8-11(13)6-7-12(10)14/h4,6-8H,3,5H2,1-2H3. The Labute approximate surface area is 84.0 Å². The van der Waals surface area contributed by atoms with Gasteiger partial charge in [-0.2, -0.15) is 0 Å². The monoisotopic (exact) mass is 190 g/mol. The summed E-state index contributed by atoms with van der Waals surface area (Å²) in [5.41, 5.74) is 1.85. The van der Waals surface area contributed by atoms with Crippen LogP contribution in [0.3, 0.4) is 0 Å². The number of hydrogen-bond donors (Lipinski definition) is 0. The fourth-order valence-corrected chi connectivity index (χ4v) is 1.27. The minimum atomic E-state index is -0.0863. The SMILES string of the molecule is CC(C)=CCCC1=CC(=O)C=CC1=O. The minimum absolute atomic E-state index is 0.0354. The smallest absolute Gasteiger partial charge is 0.182 e. The third-order valence-corrected chi connectivity index (χ3v) is 2.00. The van der Waals surface area contributed by atoms with E-state index in [9.17, 15) is 9.59 Å². The molecule has 0 aromatic rings. The van der Waals surface area contributed by atoms with E-state index in [0.29, 0.717) is 12.0 Å².